The molecule has 106 valence electrons. The highest BCUT2D eigenvalue weighted by Crippen LogP contribution is 2.23. The summed E-state index contributed by atoms with van der Waals surface area (Å²) in [5, 5.41) is 3.62. The van der Waals surface area contributed by atoms with Crippen LogP contribution >= 0.6 is 0 Å². The molecule has 0 amide bonds. The number of rotatable bonds is 2. The molecule has 2 heterocycles. The maximum Gasteiger partial charge on any atom is 0.412 e. The van der Waals surface area contributed by atoms with E-state index >= 15 is 0 Å². The molecule has 0 aromatic carbocycles. The first-order chi connectivity index (χ1) is 9.68. The monoisotopic (exact) mass is 273 g/mol. The zero-order valence-electron chi connectivity index (χ0n) is 12.1. The SMILES string of the molecule is CC(=O)[n+]1c(C)c(NC2CCCCC2)n2cccnc21. The molecule has 5 heteroatoms. The average Bonchev–Trinajstić information content (AvgIpc) is 2.73. The van der Waals surface area contributed by atoms with Gasteiger partial charge in [0.25, 0.3) is 5.91 Å². The van der Waals surface area contributed by atoms with E-state index in [1.807, 2.05) is 23.6 Å². The Hall–Kier alpha value is -1.91. The molecule has 0 saturated heterocycles. The minimum Gasteiger partial charge on any atom is -0.353 e. The van der Waals surface area contributed by atoms with Crippen molar-refractivity contribution >= 4 is 17.5 Å². The number of carbonyl (C=O) groups excluding carboxylic acids is 1. The van der Waals surface area contributed by atoms with Gasteiger partial charge in [0.1, 0.15) is 11.9 Å². The molecule has 20 heavy (non-hydrogen) atoms. The van der Waals surface area contributed by atoms with Crippen molar-refractivity contribution in [3.05, 3.63) is 24.2 Å². The number of nitrogens with zero attached hydrogens (tertiary/aromatic N) is 3. The van der Waals surface area contributed by atoms with Gasteiger partial charge in [-0.2, -0.15) is 8.97 Å². The quantitative estimate of drug-likeness (QED) is 0.854. The minimum atomic E-state index is -0.00426. The smallest absolute Gasteiger partial charge is 0.353 e. The summed E-state index contributed by atoms with van der Waals surface area (Å²) in [4.78, 5) is 16.2. The Balaban J connectivity index is 2.05. The lowest BCUT2D eigenvalue weighted by atomic mass is 9.95. The first kappa shape index (κ1) is 13.1. The maximum atomic E-state index is 11.9. The number of nitrogens with one attached hydrogen (secondary N) is 1. The first-order valence-electron chi connectivity index (χ1n) is 7.33. The maximum absolute atomic E-state index is 11.9. The van der Waals surface area contributed by atoms with E-state index in [9.17, 15) is 4.79 Å². The lowest BCUT2D eigenvalue weighted by molar-refractivity contribution is -0.552. The summed E-state index contributed by atoms with van der Waals surface area (Å²) in [5.41, 5.74) is 0.932. The fourth-order valence-electron chi connectivity index (χ4n) is 3.12. The average molecular weight is 273 g/mol. The molecule has 5 nitrogen and oxygen atoms in total. The zero-order valence-corrected chi connectivity index (χ0v) is 12.1. The minimum absolute atomic E-state index is 0.00426. The van der Waals surface area contributed by atoms with Crippen LogP contribution in [0.15, 0.2) is 18.5 Å². The molecule has 1 aliphatic rings. The van der Waals surface area contributed by atoms with E-state index in [2.05, 4.69) is 10.3 Å². The number of aromatic nitrogens is 3. The summed E-state index contributed by atoms with van der Waals surface area (Å²) in [6, 6.07) is 2.39. The molecule has 0 atom stereocenters. The van der Waals surface area contributed by atoms with E-state index in [1.54, 1.807) is 17.7 Å². The fraction of sp³-hybridized carbons (Fsp3) is 0.533. The second kappa shape index (κ2) is 5.23. The standard InChI is InChI=1S/C15H21N4O/c1-11-14(17-13-7-4-3-5-8-13)18-10-6-9-16-15(18)19(11)12(2)20/h6,9-10,13,17H,3-5,7-8H2,1-2H3/q+1. The van der Waals surface area contributed by atoms with Crippen LogP contribution < -0.4 is 9.88 Å². The third-order valence-corrected chi connectivity index (χ3v) is 4.11. The third-order valence-electron chi connectivity index (χ3n) is 4.11. The highest BCUT2D eigenvalue weighted by atomic mass is 16.1. The van der Waals surface area contributed by atoms with Crippen LogP contribution in [0.1, 0.15) is 49.5 Å². The van der Waals surface area contributed by atoms with Crippen LogP contribution in [0.25, 0.3) is 5.78 Å². The van der Waals surface area contributed by atoms with Crippen molar-refractivity contribution < 1.29 is 9.36 Å². The van der Waals surface area contributed by atoms with Crippen molar-refractivity contribution in [3.63, 3.8) is 0 Å². The molecule has 1 aliphatic carbocycles. The van der Waals surface area contributed by atoms with Gasteiger partial charge in [-0.15, -0.1) is 0 Å². The Morgan fingerprint density at radius 1 is 1.40 bits per heavy atom. The van der Waals surface area contributed by atoms with Gasteiger partial charge in [-0.3, -0.25) is 4.79 Å². The number of hydrogen-bond donors (Lipinski definition) is 1. The van der Waals surface area contributed by atoms with Gasteiger partial charge in [-0.25, -0.2) is 0 Å². The predicted octanol–water partition coefficient (Wildman–Crippen LogP) is 2.33. The van der Waals surface area contributed by atoms with Crippen molar-refractivity contribution in [2.45, 2.75) is 52.0 Å². The highest BCUT2D eigenvalue weighted by Gasteiger charge is 2.26. The molecule has 0 spiro atoms. The zero-order chi connectivity index (χ0) is 14.1. The third kappa shape index (κ3) is 2.17. The van der Waals surface area contributed by atoms with Crippen molar-refractivity contribution in [2.24, 2.45) is 0 Å². The summed E-state index contributed by atoms with van der Waals surface area (Å²) < 4.78 is 3.65. The lowest BCUT2D eigenvalue weighted by Gasteiger charge is -2.22. The van der Waals surface area contributed by atoms with E-state index in [4.69, 9.17) is 0 Å². The molecule has 0 unspecified atom stereocenters. The molecular formula is C15H21N4O+. The van der Waals surface area contributed by atoms with E-state index in [0.29, 0.717) is 11.8 Å². The summed E-state index contributed by atoms with van der Waals surface area (Å²) in [6.07, 6.45) is 9.98. The molecular weight excluding hydrogens is 252 g/mol. The Kier molecular flexibility index (Phi) is 3.42. The second-order valence-electron chi connectivity index (χ2n) is 5.56. The van der Waals surface area contributed by atoms with E-state index < -0.39 is 0 Å². The van der Waals surface area contributed by atoms with Crippen LogP contribution in [0.3, 0.4) is 0 Å². The summed E-state index contributed by atoms with van der Waals surface area (Å²) in [7, 11) is 0. The molecule has 0 bridgehead atoms. The van der Waals surface area contributed by atoms with Crippen molar-refractivity contribution in [3.8, 4) is 0 Å². The Bertz CT molecular complexity index is 641. The lowest BCUT2D eigenvalue weighted by Crippen LogP contribution is -2.42. The summed E-state index contributed by atoms with van der Waals surface area (Å²) >= 11 is 0. The van der Waals surface area contributed by atoms with Gasteiger partial charge >= 0.3 is 5.78 Å². The van der Waals surface area contributed by atoms with Gasteiger partial charge in [0.05, 0.1) is 6.20 Å². The summed E-state index contributed by atoms with van der Waals surface area (Å²) in [5.74, 6) is 1.67. The molecule has 2 aromatic rings. The van der Waals surface area contributed by atoms with Gasteiger partial charge in [-0.05, 0) is 19.8 Å². The normalized spacial score (nSPS) is 16.5. The van der Waals surface area contributed by atoms with Gasteiger partial charge in [0.15, 0.2) is 0 Å². The van der Waals surface area contributed by atoms with Crippen LogP contribution in [-0.4, -0.2) is 21.3 Å². The number of anilines is 1. The van der Waals surface area contributed by atoms with E-state index in [1.165, 1.54) is 32.1 Å². The van der Waals surface area contributed by atoms with Crippen molar-refractivity contribution in [1.82, 2.24) is 9.38 Å². The molecule has 1 fully saturated rings. The number of fused-ring (bicyclic) bond motifs is 1. The van der Waals surface area contributed by atoms with E-state index in [0.717, 1.165) is 11.5 Å². The van der Waals surface area contributed by atoms with Gasteiger partial charge in [0, 0.05) is 19.0 Å². The fourth-order valence-corrected chi connectivity index (χ4v) is 3.12. The Morgan fingerprint density at radius 3 is 2.85 bits per heavy atom. The van der Waals surface area contributed by atoms with Gasteiger partial charge in [0.2, 0.25) is 5.82 Å². The van der Waals surface area contributed by atoms with Crippen molar-refractivity contribution in [2.75, 3.05) is 5.32 Å². The van der Waals surface area contributed by atoms with Crippen molar-refractivity contribution in [1.29, 1.82) is 0 Å². The molecule has 1 N–H and O–H groups in total. The molecule has 0 aliphatic heterocycles. The molecule has 1 saturated carbocycles. The van der Waals surface area contributed by atoms with Crippen LogP contribution in [0.4, 0.5) is 5.82 Å². The number of hydrogen-bond acceptors (Lipinski definition) is 3. The van der Waals surface area contributed by atoms with Gasteiger partial charge in [-0.1, -0.05) is 24.2 Å². The predicted molar refractivity (Wildman–Crippen MR) is 76.9 cm³/mol. The number of imidazole rings is 1. The molecule has 0 radical (unpaired) electrons. The topological polar surface area (TPSA) is 50.3 Å². The molecule has 2 aromatic heterocycles. The van der Waals surface area contributed by atoms with E-state index in [-0.39, 0.29) is 5.91 Å². The Labute approximate surface area is 118 Å². The highest BCUT2D eigenvalue weighted by molar-refractivity contribution is 5.67. The first-order valence-corrected chi connectivity index (χ1v) is 7.33. The van der Waals surface area contributed by atoms with Gasteiger partial charge < -0.3 is 5.32 Å². The number of carbonyl (C=O) groups is 1. The van der Waals surface area contributed by atoms with Crippen LogP contribution in [0.2, 0.25) is 0 Å². The van der Waals surface area contributed by atoms with Crippen LogP contribution in [0.5, 0.6) is 0 Å². The van der Waals surface area contributed by atoms with Crippen LogP contribution in [0, 0.1) is 6.92 Å². The second-order valence-corrected chi connectivity index (χ2v) is 5.56. The molecule has 3 rings (SSSR count). The Morgan fingerprint density at radius 2 is 2.15 bits per heavy atom. The largest absolute Gasteiger partial charge is 0.412 e. The van der Waals surface area contributed by atoms with Crippen LogP contribution in [-0.2, 0) is 0 Å². The summed E-state index contributed by atoms with van der Waals surface area (Å²) in [6.45, 7) is 3.55.